The van der Waals surface area contributed by atoms with E-state index in [0.29, 0.717) is 5.82 Å². The monoisotopic (exact) mass is 852 g/mol. The Morgan fingerprint density at radius 3 is 1.88 bits per heavy atom. The molecular weight excluding hydrogens is 817 g/mol. The third kappa shape index (κ3) is 5.19. The van der Waals surface area contributed by atoms with Crippen LogP contribution in [0.2, 0.25) is 0 Å². The lowest BCUT2D eigenvalue weighted by Crippen LogP contribution is -1.99. The maximum absolute atomic E-state index is 6.53. The van der Waals surface area contributed by atoms with E-state index in [4.69, 9.17) is 14.4 Å². The largest absolute Gasteiger partial charge is 0.455 e. The van der Waals surface area contributed by atoms with Crippen LogP contribution in [0, 0.1) is 0 Å². The fourth-order valence-corrected chi connectivity index (χ4v) is 11.1. The molecule has 0 N–H and O–H groups in total. The molecule has 0 amide bonds. The number of nitrogens with zero attached hydrogens (tertiary/aromatic N) is 4. The van der Waals surface area contributed by atoms with Crippen molar-refractivity contribution in [3.05, 3.63) is 218 Å². The molecule has 0 unspecified atom stereocenters. The number of furan rings is 1. The molecule has 15 aromatic rings. The van der Waals surface area contributed by atoms with E-state index in [0.717, 1.165) is 82.8 Å². The van der Waals surface area contributed by atoms with Crippen LogP contribution >= 0.6 is 0 Å². The van der Waals surface area contributed by atoms with Crippen LogP contribution in [0.5, 0.6) is 0 Å². The first kappa shape index (κ1) is 36.3. The van der Waals surface area contributed by atoms with E-state index in [2.05, 4.69) is 209 Å². The summed E-state index contributed by atoms with van der Waals surface area (Å²) in [5.74, 6) is 0.631. The second-order valence-electron chi connectivity index (χ2n) is 17.7. The molecule has 0 bridgehead atoms. The molecule has 11 aromatic carbocycles. The molecule has 5 nitrogen and oxygen atoms in total. The molecule has 0 aliphatic heterocycles. The summed E-state index contributed by atoms with van der Waals surface area (Å²) >= 11 is 0. The van der Waals surface area contributed by atoms with Crippen LogP contribution in [0.25, 0.3) is 143 Å². The normalized spacial score (nSPS) is 12.2. The molecule has 0 atom stereocenters. The molecule has 0 fully saturated rings. The van der Waals surface area contributed by atoms with E-state index in [-0.39, 0.29) is 0 Å². The Bertz CT molecular complexity index is 4590. The van der Waals surface area contributed by atoms with Crippen molar-refractivity contribution in [2.24, 2.45) is 0 Å². The SMILES string of the molecule is c1ccc2cc3c(cc2c1)c1ccc(-n2c4ccccc4c4ccc5ccccc5c42)cc1n3-c1cccc2c(-c3nc(-c4cccc5c4oc4ccccc45)nc4ccccc34)cccc12. The number of para-hydroxylation sites is 4. The van der Waals surface area contributed by atoms with Crippen LogP contribution in [-0.2, 0) is 0 Å². The van der Waals surface area contributed by atoms with Gasteiger partial charge in [-0.05, 0) is 76.1 Å². The smallest absolute Gasteiger partial charge is 0.164 e. The maximum atomic E-state index is 6.53. The van der Waals surface area contributed by atoms with Gasteiger partial charge in [0.25, 0.3) is 0 Å². The quantitative estimate of drug-likeness (QED) is 0.177. The van der Waals surface area contributed by atoms with Gasteiger partial charge < -0.3 is 13.6 Å². The molecular formula is C62H36N4O. The van der Waals surface area contributed by atoms with Crippen molar-refractivity contribution in [2.75, 3.05) is 0 Å². The van der Waals surface area contributed by atoms with Crippen LogP contribution in [0.3, 0.4) is 0 Å². The Morgan fingerprint density at radius 1 is 0.343 bits per heavy atom. The molecule has 4 aromatic heterocycles. The highest BCUT2D eigenvalue weighted by Crippen LogP contribution is 2.43. The van der Waals surface area contributed by atoms with E-state index < -0.39 is 0 Å². The number of rotatable bonds is 4. The summed E-state index contributed by atoms with van der Waals surface area (Å²) in [6.45, 7) is 0. The highest BCUT2D eigenvalue weighted by molar-refractivity contribution is 6.20. The summed E-state index contributed by atoms with van der Waals surface area (Å²) in [5, 5.41) is 15.2. The van der Waals surface area contributed by atoms with Crippen molar-refractivity contribution in [2.45, 2.75) is 0 Å². The first-order valence-corrected chi connectivity index (χ1v) is 22.8. The average Bonchev–Trinajstić information content (AvgIpc) is 4.05. The Labute approximate surface area is 383 Å². The average molecular weight is 853 g/mol. The van der Waals surface area contributed by atoms with Gasteiger partial charge in [-0.15, -0.1) is 0 Å². The van der Waals surface area contributed by atoms with Gasteiger partial charge >= 0.3 is 0 Å². The summed E-state index contributed by atoms with van der Waals surface area (Å²) in [6, 6.07) is 78.7. The van der Waals surface area contributed by atoms with Crippen molar-refractivity contribution >= 4 is 109 Å². The number of hydrogen-bond donors (Lipinski definition) is 0. The maximum Gasteiger partial charge on any atom is 0.164 e. The first-order chi connectivity index (χ1) is 33.2. The Kier molecular flexibility index (Phi) is 7.44. The van der Waals surface area contributed by atoms with Crippen molar-refractivity contribution in [3.63, 3.8) is 0 Å². The number of benzene rings is 11. The summed E-state index contributed by atoms with van der Waals surface area (Å²) in [5.41, 5.74) is 12.2. The first-order valence-electron chi connectivity index (χ1n) is 22.8. The number of aromatic nitrogens is 4. The molecule has 0 radical (unpaired) electrons. The topological polar surface area (TPSA) is 48.8 Å². The van der Waals surface area contributed by atoms with Gasteiger partial charge in [-0.25, -0.2) is 9.97 Å². The standard InChI is InChI=1S/C62H36N4O/c1-2-16-39-35-56-52(34-38(39)15-1)45-33-31-40(65-54-27-9-6-18-44(54)48-32-30-37-14-3-4-17-41(37)60(48)65)36-57(45)66(56)55-28-13-21-42-43(55)22-11-23-47(42)59-50-20-5-8-26-53(50)63-62(64-59)51-25-12-24-49-46-19-7-10-29-58(46)67-61(49)51/h1-36H. The summed E-state index contributed by atoms with van der Waals surface area (Å²) in [6.07, 6.45) is 0. The van der Waals surface area contributed by atoms with Gasteiger partial charge in [-0.1, -0.05) is 164 Å². The van der Waals surface area contributed by atoms with Gasteiger partial charge in [0.05, 0.1) is 44.5 Å². The van der Waals surface area contributed by atoms with Crippen molar-refractivity contribution in [3.8, 4) is 34.0 Å². The molecule has 0 saturated carbocycles. The molecule has 0 aliphatic carbocycles. The van der Waals surface area contributed by atoms with Crippen molar-refractivity contribution in [1.82, 2.24) is 19.1 Å². The minimum atomic E-state index is 0.631. The van der Waals surface area contributed by atoms with Gasteiger partial charge in [-0.2, -0.15) is 0 Å². The van der Waals surface area contributed by atoms with Crippen LogP contribution < -0.4 is 0 Å². The van der Waals surface area contributed by atoms with E-state index in [9.17, 15) is 0 Å². The van der Waals surface area contributed by atoms with Crippen molar-refractivity contribution in [1.29, 1.82) is 0 Å². The predicted molar refractivity (Wildman–Crippen MR) is 279 cm³/mol. The fraction of sp³-hybridized carbons (Fsp3) is 0. The summed E-state index contributed by atoms with van der Waals surface area (Å²) < 4.78 is 11.5. The minimum Gasteiger partial charge on any atom is -0.455 e. The van der Waals surface area contributed by atoms with Gasteiger partial charge in [0.15, 0.2) is 5.82 Å². The summed E-state index contributed by atoms with van der Waals surface area (Å²) in [7, 11) is 0. The third-order valence-corrected chi connectivity index (χ3v) is 14.1. The molecule has 0 spiro atoms. The van der Waals surface area contributed by atoms with Crippen LogP contribution in [0.4, 0.5) is 0 Å². The zero-order valence-corrected chi connectivity index (χ0v) is 36.0. The second-order valence-corrected chi connectivity index (χ2v) is 17.7. The number of fused-ring (bicyclic) bond motifs is 14. The Balaban J connectivity index is 1.00. The Morgan fingerprint density at radius 2 is 0.985 bits per heavy atom. The molecule has 0 saturated heterocycles. The van der Waals surface area contributed by atoms with Gasteiger partial charge in [0, 0.05) is 59.7 Å². The third-order valence-electron chi connectivity index (χ3n) is 14.1. The van der Waals surface area contributed by atoms with Crippen LogP contribution in [0.15, 0.2) is 223 Å². The fourth-order valence-electron chi connectivity index (χ4n) is 11.1. The van der Waals surface area contributed by atoms with E-state index in [1.165, 1.54) is 54.1 Å². The van der Waals surface area contributed by atoms with E-state index >= 15 is 0 Å². The molecule has 5 heteroatoms. The minimum absolute atomic E-state index is 0.631. The predicted octanol–water partition coefficient (Wildman–Crippen LogP) is 16.5. The van der Waals surface area contributed by atoms with E-state index in [1.807, 2.05) is 18.2 Å². The van der Waals surface area contributed by atoms with Gasteiger partial charge in [0.1, 0.15) is 11.2 Å². The van der Waals surface area contributed by atoms with Crippen molar-refractivity contribution < 1.29 is 4.42 Å². The van der Waals surface area contributed by atoms with E-state index in [1.54, 1.807) is 0 Å². The molecule has 310 valence electrons. The lowest BCUT2D eigenvalue weighted by Gasteiger charge is -2.16. The zero-order valence-electron chi connectivity index (χ0n) is 36.0. The summed E-state index contributed by atoms with van der Waals surface area (Å²) in [4.78, 5) is 10.7. The van der Waals surface area contributed by atoms with Gasteiger partial charge in [-0.3, -0.25) is 0 Å². The molecule has 0 aliphatic rings. The highest BCUT2D eigenvalue weighted by atomic mass is 16.3. The Hall–Kier alpha value is -9.06. The molecule has 67 heavy (non-hydrogen) atoms. The van der Waals surface area contributed by atoms with Gasteiger partial charge in [0.2, 0.25) is 0 Å². The lowest BCUT2D eigenvalue weighted by molar-refractivity contribution is 0.669. The highest BCUT2D eigenvalue weighted by Gasteiger charge is 2.22. The number of hydrogen-bond acceptors (Lipinski definition) is 3. The zero-order chi connectivity index (χ0) is 43.7. The molecule has 4 heterocycles. The van der Waals surface area contributed by atoms with Crippen LogP contribution in [-0.4, -0.2) is 19.1 Å². The van der Waals surface area contributed by atoms with Crippen LogP contribution in [0.1, 0.15) is 0 Å². The molecule has 15 rings (SSSR count). The second kappa shape index (κ2) is 13.7. The lowest BCUT2D eigenvalue weighted by atomic mass is 9.97.